The molecular weight excluding hydrogens is 261 g/mol. The third kappa shape index (κ3) is 4.03. The van der Waals surface area contributed by atoms with E-state index in [1.54, 1.807) is 17.0 Å². The first-order valence-electron chi connectivity index (χ1n) is 6.69. The number of nitrogens with zero attached hydrogens (tertiary/aromatic N) is 1. The van der Waals surface area contributed by atoms with Crippen molar-refractivity contribution in [2.24, 2.45) is 0 Å². The van der Waals surface area contributed by atoms with Gasteiger partial charge in [0.25, 0.3) is 0 Å². The number of carbonyl (C=O) groups excluding carboxylic acids is 2. The zero-order valence-corrected chi connectivity index (χ0v) is 11.2. The molecule has 1 aromatic rings. The number of amides is 2. The smallest absolute Gasteiger partial charge is 0.311 e. The van der Waals surface area contributed by atoms with E-state index in [9.17, 15) is 14.0 Å². The summed E-state index contributed by atoms with van der Waals surface area (Å²) in [7, 11) is 0. The second kappa shape index (κ2) is 7.00. The lowest BCUT2D eigenvalue weighted by atomic mass is 10.2. The van der Waals surface area contributed by atoms with Gasteiger partial charge in [0, 0.05) is 26.2 Å². The molecule has 0 spiro atoms. The first-order chi connectivity index (χ1) is 9.66. The van der Waals surface area contributed by atoms with E-state index in [-0.39, 0.29) is 12.4 Å². The van der Waals surface area contributed by atoms with Gasteiger partial charge in [-0.15, -0.1) is 0 Å². The van der Waals surface area contributed by atoms with Crippen LogP contribution in [0.4, 0.5) is 4.39 Å². The summed E-state index contributed by atoms with van der Waals surface area (Å²) in [6.07, 6.45) is 0.836. The Hall–Kier alpha value is -1.95. The predicted octanol–water partition coefficient (Wildman–Crippen LogP) is 0.264. The highest BCUT2D eigenvalue weighted by Gasteiger charge is 2.21. The Balaban J connectivity index is 1.86. The fraction of sp³-hybridized carbons (Fsp3) is 0.429. The van der Waals surface area contributed by atoms with Crippen LogP contribution in [-0.4, -0.2) is 42.9 Å². The molecular formula is C14H18FN3O2. The standard InChI is InChI=1S/C14H18FN3O2/c15-12-4-1-3-11(9-12)10-17-13(19)14(20)18-7-2-5-16-6-8-18/h1,3-4,9,16H,2,5-8,10H2,(H,17,19). The zero-order chi connectivity index (χ0) is 14.4. The van der Waals surface area contributed by atoms with Crippen LogP contribution in [0.15, 0.2) is 24.3 Å². The van der Waals surface area contributed by atoms with Crippen molar-refractivity contribution in [3.05, 3.63) is 35.6 Å². The predicted molar refractivity (Wildman–Crippen MR) is 72.3 cm³/mol. The Morgan fingerprint density at radius 3 is 2.95 bits per heavy atom. The van der Waals surface area contributed by atoms with E-state index in [0.717, 1.165) is 13.0 Å². The number of hydrogen-bond acceptors (Lipinski definition) is 3. The summed E-state index contributed by atoms with van der Waals surface area (Å²) in [6, 6.07) is 5.93. The van der Waals surface area contributed by atoms with Crippen molar-refractivity contribution in [1.29, 1.82) is 0 Å². The fourth-order valence-corrected chi connectivity index (χ4v) is 2.10. The number of carbonyl (C=O) groups is 2. The zero-order valence-electron chi connectivity index (χ0n) is 11.2. The van der Waals surface area contributed by atoms with Gasteiger partial charge in [-0.2, -0.15) is 0 Å². The summed E-state index contributed by atoms with van der Waals surface area (Å²) >= 11 is 0. The van der Waals surface area contributed by atoms with E-state index >= 15 is 0 Å². The summed E-state index contributed by atoms with van der Waals surface area (Å²) in [5.74, 6) is -1.53. The van der Waals surface area contributed by atoms with Crippen LogP contribution in [0, 0.1) is 5.82 Å². The molecule has 0 bridgehead atoms. The molecule has 2 amide bonds. The SMILES string of the molecule is O=C(NCc1cccc(F)c1)C(=O)N1CCCNCC1. The molecule has 1 heterocycles. The van der Waals surface area contributed by atoms with Crippen molar-refractivity contribution < 1.29 is 14.0 Å². The molecule has 1 aliphatic heterocycles. The molecule has 0 radical (unpaired) electrons. The monoisotopic (exact) mass is 279 g/mol. The van der Waals surface area contributed by atoms with E-state index < -0.39 is 11.8 Å². The number of halogens is 1. The second-order valence-electron chi connectivity index (χ2n) is 4.71. The van der Waals surface area contributed by atoms with Crippen molar-refractivity contribution in [3.8, 4) is 0 Å². The van der Waals surface area contributed by atoms with Crippen molar-refractivity contribution in [1.82, 2.24) is 15.5 Å². The summed E-state index contributed by atoms with van der Waals surface area (Å²) in [5, 5.41) is 5.69. The van der Waals surface area contributed by atoms with Crippen molar-refractivity contribution in [2.45, 2.75) is 13.0 Å². The highest BCUT2D eigenvalue weighted by atomic mass is 19.1. The van der Waals surface area contributed by atoms with Gasteiger partial charge >= 0.3 is 11.8 Å². The van der Waals surface area contributed by atoms with Gasteiger partial charge in [-0.25, -0.2) is 4.39 Å². The molecule has 1 aliphatic rings. The van der Waals surface area contributed by atoms with Crippen LogP contribution in [0.3, 0.4) is 0 Å². The van der Waals surface area contributed by atoms with E-state index in [2.05, 4.69) is 10.6 Å². The second-order valence-corrected chi connectivity index (χ2v) is 4.71. The lowest BCUT2D eigenvalue weighted by Crippen LogP contribution is -2.44. The van der Waals surface area contributed by atoms with Crippen LogP contribution >= 0.6 is 0 Å². The van der Waals surface area contributed by atoms with Gasteiger partial charge in [0.05, 0.1) is 0 Å². The third-order valence-corrected chi connectivity index (χ3v) is 3.16. The van der Waals surface area contributed by atoms with Crippen molar-refractivity contribution >= 4 is 11.8 Å². The molecule has 1 fully saturated rings. The topological polar surface area (TPSA) is 61.4 Å². The van der Waals surface area contributed by atoms with Crippen LogP contribution in [0.2, 0.25) is 0 Å². The van der Waals surface area contributed by atoms with E-state index in [0.29, 0.717) is 25.2 Å². The van der Waals surface area contributed by atoms with Crippen molar-refractivity contribution in [2.75, 3.05) is 26.2 Å². The van der Waals surface area contributed by atoms with E-state index in [1.165, 1.54) is 12.1 Å². The molecule has 5 nitrogen and oxygen atoms in total. The summed E-state index contributed by atoms with van der Waals surface area (Å²) < 4.78 is 13.0. The maximum Gasteiger partial charge on any atom is 0.311 e. The Kier molecular flexibility index (Phi) is 5.06. The molecule has 0 aliphatic carbocycles. The van der Waals surface area contributed by atoms with E-state index in [4.69, 9.17) is 0 Å². The third-order valence-electron chi connectivity index (χ3n) is 3.16. The average Bonchev–Trinajstić information content (AvgIpc) is 2.73. The highest BCUT2D eigenvalue weighted by molar-refractivity contribution is 6.34. The van der Waals surface area contributed by atoms with E-state index in [1.807, 2.05) is 0 Å². The quantitative estimate of drug-likeness (QED) is 0.764. The molecule has 108 valence electrons. The molecule has 1 saturated heterocycles. The van der Waals surface area contributed by atoms with Crippen LogP contribution in [0.5, 0.6) is 0 Å². The van der Waals surface area contributed by atoms with Gasteiger partial charge in [0.15, 0.2) is 0 Å². The molecule has 0 aromatic heterocycles. The Morgan fingerprint density at radius 2 is 2.15 bits per heavy atom. The average molecular weight is 279 g/mol. The number of hydrogen-bond donors (Lipinski definition) is 2. The molecule has 1 aromatic carbocycles. The molecule has 6 heteroatoms. The van der Waals surface area contributed by atoms with Crippen LogP contribution in [0.1, 0.15) is 12.0 Å². The fourth-order valence-electron chi connectivity index (χ4n) is 2.10. The molecule has 2 rings (SSSR count). The normalized spacial score (nSPS) is 15.6. The first kappa shape index (κ1) is 14.5. The molecule has 0 unspecified atom stereocenters. The minimum atomic E-state index is -0.642. The minimum Gasteiger partial charge on any atom is -0.344 e. The lowest BCUT2D eigenvalue weighted by molar-refractivity contribution is -0.145. The van der Waals surface area contributed by atoms with Crippen LogP contribution < -0.4 is 10.6 Å². The van der Waals surface area contributed by atoms with Crippen molar-refractivity contribution in [3.63, 3.8) is 0 Å². The Bertz CT molecular complexity index is 485. The molecule has 0 saturated carbocycles. The van der Waals surface area contributed by atoms with Gasteiger partial charge in [-0.05, 0) is 30.7 Å². The summed E-state index contributed by atoms with van der Waals surface area (Å²) in [5.41, 5.74) is 0.628. The Labute approximate surface area is 117 Å². The Morgan fingerprint density at radius 1 is 1.30 bits per heavy atom. The van der Waals surface area contributed by atoms with Gasteiger partial charge in [0.2, 0.25) is 0 Å². The van der Waals surface area contributed by atoms with Crippen LogP contribution in [-0.2, 0) is 16.1 Å². The lowest BCUT2D eigenvalue weighted by Gasteiger charge is -2.19. The molecule has 0 atom stereocenters. The first-order valence-corrected chi connectivity index (χ1v) is 6.69. The van der Waals surface area contributed by atoms with Gasteiger partial charge < -0.3 is 15.5 Å². The number of rotatable bonds is 2. The number of nitrogens with one attached hydrogen (secondary N) is 2. The molecule has 20 heavy (non-hydrogen) atoms. The maximum absolute atomic E-state index is 13.0. The van der Waals surface area contributed by atoms with Gasteiger partial charge in [-0.1, -0.05) is 12.1 Å². The minimum absolute atomic E-state index is 0.147. The summed E-state index contributed by atoms with van der Waals surface area (Å²) in [4.78, 5) is 25.3. The summed E-state index contributed by atoms with van der Waals surface area (Å²) in [6.45, 7) is 2.82. The highest BCUT2D eigenvalue weighted by Crippen LogP contribution is 2.03. The van der Waals surface area contributed by atoms with Gasteiger partial charge in [0.1, 0.15) is 5.82 Å². The number of benzene rings is 1. The van der Waals surface area contributed by atoms with Crippen LogP contribution in [0.25, 0.3) is 0 Å². The molecule has 2 N–H and O–H groups in total. The largest absolute Gasteiger partial charge is 0.344 e. The maximum atomic E-state index is 13.0. The van der Waals surface area contributed by atoms with Gasteiger partial charge in [-0.3, -0.25) is 9.59 Å².